The number of nitrogens with one attached hydrogen (secondary N) is 1. The van der Waals surface area contributed by atoms with E-state index in [4.69, 9.17) is 4.74 Å². The van der Waals surface area contributed by atoms with Crippen LogP contribution in [0.3, 0.4) is 0 Å². The van der Waals surface area contributed by atoms with E-state index >= 15 is 0 Å². The van der Waals surface area contributed by atoms with Crippen LogP contribution in [0, 0.1) is 0 Å². The Morgan fingerprint density at radius 2 is 2.32 bits per heavy atom. The number of hydrogen-bond donors (Lipinski definition) is 1. The van der Waals surface area contributed by atoms with Crippen molar-refractivity contribution in [1.29, 1.82) is 0 Å². The summed E-state index contributed by atoms with van der Waals surface area (Å²) in [6.45, 7) is 3.80. The van der Waals surface area contributed by atoms with Crippen molar-refractivity contribution in [2.75, 3.05) is 13.2 Å². The summed E-state index contributed by atoms with van der Waals surface area (Å²) in [5, 5.41) is 2.86. The van der Waals surface area contributed by atoms with Crippen molar-refractivity contribution in [1.82, 2.24) is 5.32 Å². The smallest absolute Gasteiger partial charge is 0.333 e. The lowest BCUT2D eigenvalue weighted by molar-refractivity contribution is -0.139. The largest absolute Gasteiger partial charge is 0.460 e. The fourth-order valence-corrected chi connectivity index (χ4v) is 1.91. The zero-order chi connectivity index (χ0) is 14.1. The molecule has 0 aromatic heterocycles. The Morgan fingerprint density at radius 1 is 1.53 bits per heavy atom. The van der Waals surface area contributed by atoms with Gasteiger partial charge in [0.15, 0.2) is 0 Å². The first-order valence-electron chi connectivity index (χ1n) is 6.31. The van der Waals surface area contributed by atoms with E-state index in [9.17, 15) is 14.4 Å². The Hall–Kier alpha value is -1.94. The molecule has 1 heterocycles. The minimum absolute atomic E-state index is 0.0176. The molecule has 1 aliphatic rings. The van der Waals surface area contributed by atoms with Crippen LogP contribution in [0.25, 0.3) is 0 Å². The second-order valence-electron chi connectivity index (χ2n) is 4.43. The van der Waals surface area contributed by atoms with Gasteiger partial charge < -0.3 is 10.1 Å². The molecule has 6 heteroatoms. The van der Waals surface area contributed by atoms with Crippen molar-refractivity contribution in [3.63, 3.8) is 0 Å². The maximum Gasteiger partial charge on any atom is 0.333 e. The molecule has 0 spiro atoms. The van der Waals surface area contributed by atoms with Crippen LogP contribution in [0.5, 0.6) is 0 Å². The normalized spacial score (nSPS) is 18.7. The number of nitrogens with zero attached hydrogens (tertiary/aromatic N) is 1. The lowest BCUT2D eigenvalue weighted by Crippen LogP contribution is -2.33. The molecular formula is C13H18N2O4. The summed E-state index contributed by atoms with van der Waals surface area (Å²) in [7, 11) is 0. The first kappa shape index (κ1) is 15.1. The SMILES string of the molecule is C=C(CC1CCCCC(=O)N1)C(=O)OCCN=C=O. The third kappa shape index (κ3) is 5.97. The molecule has 1 amide bonds. The zero-order valence-electron chi connectivity index (χ0n) is 10.8. The molecule has 1 unspecified atom stereocenters. The number of amides is 1. The summed E-state index contributed by atoms with van der Waals surface area (Å²) in [5.74, 6) is -0.497. The molecule has 1 rings (SSSR count). The minimum atomic E-state index is -0.514. The van der Waals surface area contributed by atoms with Gasteiger partial charge in [-0.05, 0) is 19.3 Å². The van der Waals surface area contributed by atoms with Gasteiger partial charge in [-0.25, -0.2) is 14.6 Å². The molecule has 1 saturated heterocycles. The van der Waals surface area contributed by atoms with Crippen LogP contribution in [-0.4, -0.2) is 37.1 Å². The van der Waals surface area contributed by atoms with Crippen LogP contribution in [0.2, 0.25) is 0 Å². The van der Waals surface area contributed by atoms with Gasteiger partial charge in [-0.3, -0.25) is 4.79 Å². The van der Waals surface area contributed by atoms with E-state index < -0.39 is 5.97 Å². The molecule has 1 atom stereocenters. The van der Waals surface area contributed by atoms with Gasteiger partial charge in [0.2, 0.25) is 12.0 Å². The summed E-state index contributed by atoms with van der Waals surface area (Å²) in [6, 6.07) is -0.0527. The van der Waals surface area contributed by atoms with Crippen LogP contribution in [0.4, 0.5) is 0 Å². The second kappa shape index (κ2) is 8.21. The van der Waals surface area contributed by atoms with E-state index in [0.717, 1.165) is 19.3 Å². The molecular weight excluding hydrogens is 248 g/mol. The molecule has 19 heavy (non-hydrogen) atoms. The monoisotopic (exact) mass is 266 g/mol. The minimum Gasteiger partial charge on any atom is -0.460 e. The average molecular weight is 266 g/mol. The van der Waals surface area contributed by atoms with Gasteiger partial charge in [0.25, 0.3) is 0 Å². The molecule has 0 aromatic rings. The van der Waals surface area contributed by atoms with E-state index in [1.54, 1.807) is 0 Å². The van der Waals surface area contributed by atoms with E-state index in [0.29, 0.717) is 18.4 Å². The van der Waals surface area contributed by atoms with Crippen LogP contribution in [0.15, 0.2) is 17.1 Å². The number of carbonyl (C=O) groups is 2. The quantitative estimate of drug-likeness (QED) is 0.254. The summed E-state index contributed by atoms with van der Waals surface area (Å²) in [6.07, 6.45) is 4.97. The maximum atomic E-state index is 11.6. The first-order chi connectivity index (χ1) is 9.13. The predicted molar refractivity (Wildman–Crippen MR) is 68.1 cm³/mol. The van der Waals surface area contributed by atoms with Crippen molar-refractivity contribution in [3.05, 3.63) is 12.2 Å². The Labute approximate surface area is 111 Å². The highest BCUT2D eigenvalue weighted by Gasteiger charge is 2.20. The fourth-order valence-electron chi connectivity index (χ4n) is 1.91. The fraction of sp³-hybridized carbons (Fsp3) is 0.615. The van der Waals surface area contributed by atoms with Crippen molar-refractivity contribution in [2.45, 2.75) is 38.1 Å². The summed E-state index contributed by atoms with van der Waals surface area (Å²) in [4.78, 5) is 36.0. The first-order valence-corrected chi connectivity index (χ1v) is 6.31. The molecule has 0 aliphatic carbocycles. The average Bonchev–Trinajstić information content (AvgIpc) is 2.58. The number of carbonyl (C=O) groups excluding carboxylic acids is 3. The lowest BCUT2D eigenvalue weighted by Gasteiger charge is -2.16. The number of esters is 1. The summed E-state index contributed by atoms with van der Waals surface area (Å²) in [5.41, 5.74) is 0.322. The highest BCUT2D eigenvalue weighted by atomic mass is 16.5. The number of hydrogen-bond acceptors (Lipinski definition) is 5. The molecule has 0 bridgehead atoms. The van der Waals surface area contributed by atoms with Gasteiger partial charge in [0.1, 0.15) is 6.61 Å². The van der Waals surface area contributed by atoms with Crippen LogP contribution in [0.1, 0.15) is 32.1 Å². The van der Waals surface area contributed by atoms with Crippen LogP contribution >= 0.6 is 0 Å². The van der Waals surface area contributed by atoms with Gasteiger partial charge in [0.05, 0.1) is 6.54 Å². The van der Waals surface area contributed by atoms with Crippen molar-refractivity contribution >= 4 is 18.0 Å². The molecule has 1 fully saturated rings. The van der Waals surface area contributed by atoms with E-state index in [-0.39, 0.29) is 25.1 Å². The zero-order valence-corrected chi connectivity index (χ0v) is 10.8. The predicted octanol–water partition coefficient (Wildman–Crippen LogP) is 0.870. The number of isocyanates is 1. The number of rotatable bonds is 6. The number of aliphatic imine (C=N–C) groups is 1. The molecule has 104 valence electrons. The van der Waals surface area contributed by atoms with E-state index in [1.807, 2.05) is 0 Å². The van der Waals surface area contributed by atoms with Crippen molar-refractivity contribution < 1.29 is 19.1 Å². The van der Waals surface area contributed by atoms with Crippen LogP contribution < -0.4 is 5.32 Å². The summed E-state index contributed by atoms with van der Waals surface area (Å²) < 4.78 is 4.88. The Bertz CT molecular complexity index is 399. The molecule has 0 radical (unpaired) electrons. The highest BCUT2D eigenvalue weighted by molar-refractivity contribution is 5.88. The Morgan fingerprint density at radius 3 is 3.05 bits per heavy atom. The van der Waals surface area contributed by atoms with Gasteiger partial charge in [0, 0.05) is 18.0 Å². The van der Waals surface area contributed by atoms with Crippen molar-refractivity contribution in [2.24, 2.45) is 4.99 Å². The second-order valence-corrected chi connectivity index (χ2v) is 4.43. The molecule has 0 aromatic carbocycles. The van der Waals surface area contributed by atoms with Gasteiger partial charge in [-0.15, -0.1) is 0 Å². The Kier molecular flexibility index (Phi) is 6.53. The third-order valence-electron chi connectivity index (χ3n) is 2.85. The summed E-state index contributed by atoms with van der Waals surface area (Å²) >= 11 is 0. The molecule has 6 nitrogen and oxygen atoms in total. The number of ether oxygens (including phenoxy) is 1. The van der Waals surface area contributed by atoms with Gasteiger partial charge >= 0.3 is 5.97 Å². The highest BCUT2D eigenvalue weighted by Crippen LogP contribution is 2.15. The lowest BCUT2D eigenvalue weighted by atomic mass is 10.0. The third-order valence-corrected chi connectivity index (χ3v) is 2.85. The Balaban J connectivity index is 2.33. The van der Waals surface area contributed by atoms with Gasteiger partial charge in [-0.2, -0.15) is 0 Å². The molecule has 1 aliphatic heterocycles. The van der Waals surface area contributed by atoms with E-state index in [1.165, 1.54) is 6.08 Å². The molecule has 0 saturated carbocycles. The van der Waals surface area contributed by atoms with Crippen molar-refractivity contribution in [3.8, 4) is 0 Å². The van der Waals surface area contributed by atoms with E-state index in [2.05, 4.69) is 16.9 Å². The van der Waals surface area contributed by atoms with Crippen LogP contribution in [-0.2, 0) is 19.1 Å². The standard InChI is InChI=1S/C13H18N2O4/c1-10(13(18)19-7-6-14-9-16)8-11-4-2-3-5-12(17)15-11/h11H,1-8H2,(H,15,17). The van der Waals surface area contributed by atoms with Gasteiger partial charge in [-0.1, -0.05) is 13.0 Å². The maximum absolute atomic E-state index is 11.6. The molecule has 1 N–H and O–H groups in total. The topological polar surface area (TPSA) is 84.8 Å².